The smallest absolute Gasteiger partial charge is 0.243 e. The molecule has 0 saturated carbocycles. The minimum Gasteiger partial charge on any atom is -0.332 e. The van der Waals surface area contributed by atoms with Crippen LogP contribution in [0.2, 0.25) is 0 Å². The SMILES string of the molecule is CCN(CC)S(=O)(=O)c1ccc(NC(=S)Nc2cc(F)ccc2C)cc1. The lowest BCUT2D eigenvalue weighted by Crippen LogP contribution is -2.30. The Balaban J connectivity index is 2.09. The van der Waals surface area contributed by atoms with Crippen LogP contribution in [0.5, 0.6) is 0 Å². The van der Waals surface area contributed by atoms with Gasteiger partial charge >= 0.3 is 0 Å². The van der Waals surface area contributed by atoms with Crippen LogP contribution in [0.1, 0.15) is 19.4 Å². The van der Waals surface area contributed by atoms with Crippen molar-refractivity contribution in [3.8, 4) is 0 Å². The van der Waals surface area contributed by atoms with Gasteiger partial charge < -0.3 is 10.6 Å². The lowest BCUT2D eigenvalue weighted by molar-refractivity contribution is 0.445. The largest absolute Gasteiger partial charge is 0.332 e. The minimum absolute atomic E-state index is 0.228. The molecule has 0 aliphatic carbocycles. The van der Waals surface area contributed by atoms with E-state index >= 15 is 0 Å². The van der Waals surface area contributed by atoms with Gasteiger partial charge in [-0.25, -0.2) is 12.8 Å². The van der Waals surface area contributed by atoms with E-state index in [1.165, 1.54) is 28.6 Å². The van der Waals surface area contributed by atoms with E-state index in [1.807, 2.05) is 6.92 Å². The molecule has 0 spiro atoms. The fourth-order valence-corrected chi connectivity index (χ4v) is 4.12. The van der Waals surface area contributed by atoms with Gasteiger partial charge in [-0.15, -0.1) is 0 Å². The monoisotopic (exact) mass is 395 g/mol. The maximum atomic E-state index is 13.3. The summed E-state index contributed by atoms with van der Waals surface area (Å²) in [6.07, 6.45) is 0. The highest BCUT2D eigenvalue weighted by molar-refractivity contribution is 7.89. The van der Waals surface area contributed by atoms with Crippen LogP contribution in [0.25, 0.3) is 0 Å². The maximum absolute atomic E-state index is 13.3. The molecular formula is C18H22FN3O2S2. The van der Waals surface area contributed by atoms with Crippen molar-refractivity contribution < 1.29 is 12.8 Å². The van der Waals surface area contributed by atoms with Gasteiger partial charge in [0.25, 0.3) is 0 Å². The zero-order valence-corrected chi connectivity index (χ0v) is 16.5. The van der Waals surface area contributed by atoms with E-state index < -0.39 is 10.0 Å². The molecule has 0 fully saturated rings. The van der Waals surface area contributed by atoms with Crippen molar-refractivity contribution in [2.45, 2.75) is 25.7 Å². The Bertz CT molecular complexity index is 880. The molecular weight excluding hydrogens is 373 g/mol. The summed E-state index contributed by atoms with van der Waals surface area (Å²) in [5.74, 6) is -0.355. The molecule has 8 heteroatoms. The van der Waals surface area contributed by atoms with Gasteiger partial charge in [-0.1, -0.05) is 19.9 Å². The summed E-state index contributed by atoms with van der Waals surface area (Å²) in [5, 5.41) is 6.19. The Morgan fingerprint density at radius 1 is 1.08 bits per heavy atom. The lowest BCUT2D eigenvalue weighted by atomic mass is 10.2. The molecule has 0 aliphatic rings. The van der Waals surface area contributed by atoms with E-state index in [0.717, 1.165) is 5.56 Å². The molecule has 0 saturated heterocycles. The Kier molecular flexibility index (Phi) is 6.69. The van der Waals surface area contributed by atoms with Crippen molar-refractivity contribution >= 4 is 38.7 Å². The molecule has 0 heterocycles. The van der Waals surface area contributed by atoms with Crippen LogP contribution >= 0.6 is 12.2 Å². The molecule has 0 amide bonds. The number of nitrogens with zero attached hydrogens (tertiary/aromatic N) is 1. The van der Waals surface area contributed by atoms with E-state index in [-0.39, 0.29) is 15.8 Å². The number of anilines is 2. The van der Waals surface area contributed by atoms with Gasteiger partial charge in [0.2, 0.25) is 10.0 Å². The predicted molar refractivity (Wildman–Crippen MR) is 108 cm³/mol. The van der Waals surface area contributed by atoms with Crippen LogP contribution in [-0.4, -0.2) is 30.9 Å². The summed E-state index contributed by atoms with van der Waals surface area (Å²) in [6, 6.07) is 10.8. The fraction of sp³-hybridized carbons (Fsp3) is 0.278. The third-order valence-corrected chi connectivity index (χ3v) is 6.17. The second kappa shape index (κ2) is 8.57. The number of hydrogen-bond donors (Lipinski definition) is 2. The Hall–Kier alpha value is -2.03. The highest BCUT2D eigenvalue weighted by Crippen LogP contribution is 2.19. The standard InChI is InChI=1S/C18H22FN3O2S2/c1-4-22(5-2)26(23,24)16-10-8-15(9-11-16)20-18(25)21-17-12-14(19)7-6-13(17)3/h6-12H,4-5H2,1-3H3,(H2,20,21,25). The highest BCUT2D eigenvalue weighted by atomic mass is 32.2. The van der Waals surface area contributed by atoms with Gasteiger partial charge in [0.15, 0.2) is 5.11 Å². The zero-order chi connectivity index (χ0) is 19.3. The first-order valence-electron chi connectivity index (χ1n) is 8.22. The minimum atomic E-state index is -3.49. The van der Waals surface area contributed by atoms with Gasteiger partial charge in [-0.05, 0) is 61.1 Å². The number of rotatable bonds is 6. The molecule has 2 rings (SSSR count). The summed E-state index contributed by atoms with van der Waals surface area (Å²) in [4.78, 5) is 0.228. The molecule has 0 atom stereocenters. The Morgan fingerprint density at radius 3 is 2.27 bits per heavy atom. The van der Waals surface area contributed by atoms with Crippen LogP contribution in [0.3, 0.4) is 0 Å². The number of thiocarbonyl (C=S) groups is 1. The maximum Gasteiger partial charge on any atom is 0.243 e. The van der Waals surface area contributed by atoms with E-state index in [2.05, 4.69) is 10.6 Å². The first-order valence-corrected chi connectivity index (χ1v) is 10.1. The molecule has 0 aliphatic heterocycles. The summed E-state index contributed by atoms with van der Waals surface area (Å²) in [7, 11) is -3.49. The van der Waals surface area contributed by atoms with Gasteiger partial charge in [-0.2, -0.15) is 4.31 Å². The number of nitrogens with one attached hydrogen (secondary N) is 2. The van der Waals surface area contributed by atoms with Crippen molar-refractivity contribution in [2.75, 3.05) is 23.7 Å². The van der Waals surface area contributed by atoms with Crippen molar-refractivity contribution in [2.24, 2.45) is 0 Å². The predicted octanol–water partition coefficient (Wildman–Crippen LogP) is 3.97. The molecule has 0 radical (unpaired) electrons. The quantitative estimate of drug-likeness (QED) is 0.725. The molecule has 0 unspecified atom stereocenters. The van der Waals surface area contributed by atoms with Crippen molar-refractivity contribution in [1.82, 2.24) is 4.31 Å². The summed E-state index contributed by atoms with van der Waals surface area (Å²) in [5.41, 5.74) is 2.06. The average Bonchev–Trinajstić information content (AvgIpc) is 2.59. The molecule has 2 aromatic rings. The van der Waals surface area contributed by atoms with Gasteiger partial charge in [0.1, 0.15) is 5.82 Å². The second-order valence-electron chi connectivity index (χ2n) is 5.65. The first-order chi connectivity index (χ1) is 12.3. The molecule has 0 bridgehead atoms. The summed E-state index contributed by atoms with van der Waals surface area (Å²) < 4.78 is 39.7. The van der Waals surface area contributed by atoms with Crippen LogP contribution in [0.4, 0.5) is 15.8 Å². The molecule has 5 nitrogen and oxygen atoms in total. The molecule has 140 valence electrons. The third kappa shape index (κ3) is 4.78. The molecule has 2 N–H and O–H groups in total. The Labute approximate surface area is 159 Å². The normalized spacial score (nSPS) is 11.4. The van der Waals surface area contributed by atoms with Crippen molar-refractivity contribution in [3.05, 3.63) is 53.8 Å². The van der Waals surface area contributed by atoms with Crippen LogP contribution in [0, 0.1) is 12.7 Å². The molecule has 2 aromatic carbocycles. The zero-order valence-electron chi connectivity index (χ0n) is 14.9. The molecule has 0 aromatic heterocycles. The van der Waals surface area contributed by atoms with Crippen LogP contribution in [0.15, 0.2) is 47.4 Å². The highest BCUT2D eigenvalue weighted by Gasteiger charge is 2.21. The van der Waals surface area contributed by atoms with Crippen molar-refractivity contribution in [3.63, 3.8) is 0 Å². The van der Waals surface area contributed by atoms with E-state index in [9.17, 15) is 12.8 Å². The first kappa shape index (κ1) is 20.3. The number of benzene rings is 2. The van der Waals surface area contributed by atoms with E-state index in [1.54, 1.807) is 32.0 Å². The third-order valence-electron chi connectivity index (χ3n) is 3.90. The van der Waals surface area contributed by atoms with Crippen molar-refractivity contribution in [1.29, 1.82) is 0 Å². The van der Waals surface area contributed by atoms with E-state index in [0.29, 0.717) is 24.5 Å². The second-order valence-corrected chi connectivity index (χ2v) is 8.00. The van der Waals surface area contributed by atoms with Gasteiger partial charge in [0.05, 0.1) is 4.90 Å². The number of aryl methyl sites for hydroxylation is 1. The Morgan fingerprint density at radius 2 is 1.69 bits per heavy atom. The van der Waals surface area contributed by atoms with Crippen LogP contribution < -0.4 is 10.6 Å². The van der Waals surface area contributed by atoms with E-state index in [4.69, 9.17) is 12.2 Å². The fourth-order valence-electron chi connectivity index (χ4n) is 2.44. The molecule has 26 heavy (non-hydrogen) atoms. The average molecular weight is 396 g/mol. The summed E-state index contributed by atoms with van der Waals surface area (Å²) >= 11 is 5.24. The number of halogens is 1. The van der Waals surface area contributed by atoms with Crippen LogP contribution in [-0.2, 0) is 10.0 Å². The summed E-state index contributed by atoms with van der Waals surface area (Å²) in [6.45, 7) is 6.28. The lowest BCUT2D eigenvalue weighted by Gasteiger charge is -2.18. The number of hydrogen-bond acceptors (Lipinski definition) is 3. The van der Waals surface area contributed by atoms with Gasteiger partial charge in [-0.3, -0.25) is 0 Å². The topological polar surface area (TPSA) is 61.4 Å². The number of sulfonamides is 1. The van der Waals surface area contributed by atoms with Gasteiger partial charge in [0, 0.05) is 24.5 Å².